The van der Waals surface area contributed by atoms with Crippen LogP contribution < -0.4 is 5.73 Å². The molecule has 1 aromatic carbocycles. The third-order valence-electron chi connectivity index (χ3n) is 2.71. The second kappa shape index (κ2) is 6.61. The minimum Gasteiger partial charge on any atom is -0.389 e. The Hall–Kier alpha value is -0.750. The van der Waals surface area contributed by atoms with E-state index in [9.17, 15) is 0 Å². The van der Waals surface area contributed by atoms with Gasteiger partial charge in [-0.3, -0.25) is 4.90 Å². The Morgan fingerprint density at radius 1 is 1.37 bits per heavy atom. The van der Waals surface area contributed by atoms with Crippen LogP contribution in [0.4, 0.5) is 0 Å². The van der Waals surface area contributed by atoms with Gasteiger partial charge >= 0.3 is 0 Å². The first kappa shape index (κ1) is 14.7. The summed E-state index contributed by atoms with van der Waals surface area (Å²) in [6.07, 6.45) is 0. The van der Waals surface area contributed by atoms with E-state index in [-0.39, 0.29) is 0 Å². The maximum atomic E-state index is 5.65. The lowest BCUT2D eigenvalue weighted by molar-refractivity contribution is 0.322. The quantitative estimate of drug-likeness (QED) is 0.828. The largest absolute Gasteiger partial charge is 0.389 e. The molecule has 0 amide bonds. The summed E-state index contributed by atoms with van der Waals surface area (Å²) in [5.41, 5.74) is 7.81. The molecule has 0 aliphatic carbocycles. The third-order valence-corrected chi connectivity index (χ3v) is 4.63. The van der Waals surface area contributed by atoms with E-state index in [4.69, 9.17) is 18.0 Å². The monoisotopic (exact) mass is 354 g/mol. The normalized spacial score (nSPS) is 10.9. The van der Waals surface area contributed by atoms with Gasteiger partial charge in [0, 0.05) is 33.4 Å². The number of benzene rings is 1. The van der Waals surface area contributed by atoms with Crippen LogP contribution in [0.3, 0.4) is 0 Å². The van der Waals surface area contributed by atoms with Gasteiger partial charge in [-0.25, -0.2) is 0 Å². The maximum Gasteiger partial charge on any atom is 0.103 e. The molecule has 0 spiro atoms. The predicted molar refractivity (Wildman–Crippen MR) is 89.5 cm³/mol. The summed E-state index contributed by atoms with van der Waals surface area (Å²) in [7, 11) is 2.11. The lowest BCUT2D eigenvalue weighted by Crippen LogP contribution is -2.17. The molecule has 2 aromatic rings. The number of hydrogen-bond acceptors (Lipinski definition) is 3. The third kappa shape index (κ3) is 4.38. The molecule has 0 aliphatic heterocycles. The zero-order valence-corrected chi connectivity index (χ0v) is 13.8. The van der Waals surface area contributed by atoms with Crippen LogP contribution in [0.15, 0.2) is 40.2 Å². The van der Waals surface area contributed by atoms with Crippen LogP contribution in [0.5, 0.6) is 0 Å². The van der Waals surface area contributed by atoms with Crippen LogP contribution in [0, 0.1) is 0 Å². The van der Waals surface area contributed by atoms with E-state index in [1.165, 1.54) is 10.4 Å². The van der Waals surface area contributed by atoms with Crippen LogP contribution in [-0.4, -0.2) is 16.9 Å². The molecular weight excluding hydrogens is 340 g/mol. The Morgan fingerprint density at radius 3 is 2.79 bits per heavy atom. The Kier molecular flexibility index (Phi) is 5.10. The van der Waals surface area contributed by atoms with Crippen molar-refractivity contribution >= 4 is 44.5 Å². The summed E-state index contributed by atoms with van der Waals surface area (Å²) in [5, 5.41) is 2.11. The van der Waals surface area contributed by atoms with Crippen LogP contribution in [0.1, 0.15) is 16.0 Å². The first-order valence-corrected chi connectivity index (χ1v) is 7.93. The van der Waals surface area contributed by atoms with Gasteiger partial charge in [0.2, 0.25) is 0 Å². The number of halogens is 1. The second-order valence-electron chi connectivity index (χ2n) is 4.47. The van der Waals surface area contributed by atoms with Crippen molar-refractivity contribution in [2.24, 2.45) is 5.73 Å². The SMILES string of the molecule is CN(Cc1cccc(C(N)=S)c1)Cc1cc(Br)cs1. The number of rotatable bonds is 5. The Bertz CT molecular complexity index is 580. The molecule has 0 radical (unpaired) electrons. The minimum absolute atomic E-state index is 0.451. The molecule has 2 N–H and O–H groups in total. The van der Waals surface area contributed by atoms with Gasteiger partial charge in [-0.05, 0) is 40.7 Å². The highest BCUT2D eigenvalue weighted by Gasteiger charge is 2.05. The standard InChI is InChI=1S/C14H15BrN2S2/c1-17(8-13-6-12(15)9-19-13)7-10-3-2-4-11(5-10)14(16)18/h2-6,9H,7-8H2,1H3,(H2,16,18). The van der Waals surface area contributed by atoms with Crippen LogP contribution in [0.2, 0.25) is 0 Å². The summed E-state index contributed by atoms with van der Waals surface area (Å²) in [5.74, 6) is 0. The number of nitrogens with two attached hydrogens (primary N) is 1. The topological polar surface area (TPSA) is 29.3 Å². The molecule has 0 fully saturated rings. The van der Waals surface area contributed by atoms with E-state index in [0.717, 1.165) is 23.1 Å². The van der Waals surface area contributed by atoms with Gasteiger partial charge in [0.15, 0.2) is 0 Å². The molecular formula is C14H15BrN2S2. The Balaban J connectivity index is 2.00. The van der Waals surface area contributed by atoms with Crippen molar-refractivity contribution in [2.45, 2.75) is 13.1 Å². The van der Waals surface area contributed by atoms with E-state index in [0.29, 0.717) is 4.99 Å². The van der Waals surface area contributed by atoms with Gasteiger partial charge in [0.25, 0.3) is 0 Å². The van der Waals surface area contributed by atoms with E-state index < -0.39 is 0 Å². The maximum absolute atomic E-state index is 5.65. The van der Waals surface area contributed by atoms with E-state index >= 15 is 0 Å². The van der Waals surface area contributed by atoms with Gasteiger partial charge in [0.05, 0.1) is 0 Å². The highest BCUT2D eigenvalue weighted by molar-refractivity contribution is 9.10. The number of hydrogen-bond donors (Lipinski definition) is 1. The first-order valence-electron chi connectivity index (χ1n) is 5.85. The highest BCUT2D eigenvalue weighted by Crippen LogP contribution is 2.21. The zero-order valence-electron chi connectivity index (χ0n) is 10.6. The highest BCUT2D eigenvalue weighted by atomic mass is 79.9. The van der Waals surface area contributed by atoms with Crippen molar-refractivity contribution in [3.8, 4) is 0 Å². The van der Waals surface area contributed by atoms with Crippen LogP contribution in [0.25, 0.3) is 0 Å². The summed E-state index contributed by atoms with van der Waals surface area (Å²) in [6, 6.07) is 10.3. The molecule has 0 saturated carbocycles. The first-order chi connectivity index (χ1) is 9.04. The molecule has 0 atom stereocenters. The van der Waals surface area contributed by atoms with Gasteiger partial charge in [0.1, 0.15) is 4.99 Å². The van der Waals surface area contributed by atoms with Crippen molar-refractivity contribution in [2.75, 3.05) is 7.05 Å². The molecule has 19 heavy (non-hydrogen) atoms. The number of thiophene rings is 1. The minimum atomic E-state index is 0.451. The number of thiocarbonyl (C=S) groups is 1. The number of nitrogens with zero attached hydrogens (tertiary/aromatic N) is 1. The molecule has 0 unspecified atom stereocenters. The van der Waals surface area contributed by atoms with E-state index in [2.05, 4.69) is 51.5 Å². The Morgan fingerprint density at radius 2 is 2.16 bits per heavy atom. The Labute approximate surface area is 131 Å². The fraction of sp³-hybridized carbons (Fsp3) is 0.214. The molecule has 0 aliphatic rings. The summed E-state index contributed by atoms with van der Waals surface area (Å²) >= 11 is 10.2. The van der Waals surface area contributed by atoms with E-state index in [1.54, 1.807) is 11.3 Å². The van der Waals surface area contributed by atoms with Crippen molar-refractivity contribution in [3.05, 3.63) is 56.2 Å². The smallest absolute Gasteiger partial charge is 0.103 e. The van der Waals surface area contributed by atoms with Gasteiger partial charge < -0.3 is 5.73 Å². The van der Waals surface area contributed by atoms with Crippen molar-refractivity contribution in [3.63, 3.8) is 0 Å². The molecule has 2 rings (SSSR count). The average Bonchev–Trinajstić information content (AvgIpc) is 2.74. The van der Waals surface area contributed by atoms with Gasteiger partial charge in [-0.15, -0.1) is 11.3 Å². The molecule has 5 heteroatoms. The predicted octanol–water partition coefficient (Wildman–Crippen LogP) is 3.78. The molecule has 0 bridgehead atoms. The molecule has 1 heterocycles. The fourth-order valence-corrected chi connectivity index (χ4v) is 3.55. The summed E-state index contributed by atoms with van der Waals surface area (Å²) in [6.45, 7) is 1.82. The molecule has 2 nitrogen and oxygen atoms in total. The van der Waals surface area contributed by atoms with Gasteiger partial charge in [-0.2, -0.15) is 0 Å². The fourth-order valence-electron chi connectivity index (χ4n) is 1.89. The average molecular weight is 355 g/mol. The summed E-state index contributed by atoms with van der Waals surface area (Å²) in [4.78, 5) is 4.07. The van der Waals surface area contributed by atoms with Crippen LogP contribution >= 0.6 is 39.5 Å². The zero-order chi connectivity index (χ0) is 13.8. The van der Waals surface area contributed by atoms with Crippen molar-refractivity contribution in [1.29, 1.82) is 0 Å². The lowest BCUT2D eigenvalue weighted by atomic mass is 10.1. The molecule has 0 saturated heterocycles. The van der Waals surface area contributed by atoms with Crippen molar-refractivity contribution < 1.29 is 0 Å². The van der Waals surface area contributed by atoms with Gasteiger partial charge in [-0.1, -0.05) is 30.4 Å². The van der Waals surface area contributed by atoms with Crippen molar-refractivity contribution in [1.82, 2.24) is 4.90 Å². The molecule has 1 aromatic heterocycles. The second-order valence-corrected chi connectivity index (χ2v) is 6.82. The van der Waals surface area contributed by atoms with E-state index in [1.807, 2.05) is 12.1 Å². The lowest BCUT2D eigenvalue weighted by Gasteiger charge is -2.16. The van der Waals surface area contributed by atoms with Crippen LogP contribution in [-0.2, 0) is 13.1 Å². The molecule has 100 valence electrons. The summed E-state index contributed by atoms with van der Waals surface area (Å²) < 4.78 is 1.15.